The number of amides is 16. The Bertz CT molecular complexity index is 4430. The number of primary amides is 1. The highest BCUT2D eigenvalue weighted by molar-refractivity contribution is 6.01. The number of aliphatic hydroxyl groups excluding tert-OH is 2. The zero-order valence-corrected chi connectivity index (χ0v) is 71.6. The van der Waals surface area contributed by atoms with Crippen molar-refractivity contribution in [2.24, 2.45) is 35.1 Å². The van der Waals surface area contributed by atoms with Crippen LogP contribution in [0.25, 0.3) is 10.9 Å². The summed E-state index contributed by atoms with van der Waals surface area (Å²) in [6, 6.07) is -6.34. The minimum Gasteiger partial charge on any atom is -0.508 e. The number of alkyl halides is 3. The summed E-state index contributed by atoms with van der Waals surface area (Å²) in [4.78, 5) is 252. The summed E-state index contributed by atoms with van der Waals surface area (Å²) >= 11 is 0. The van der Waals surface area contributed by atoms with Crippen LogP contribution < -0.4 is 85.9 Å². The van der Waals surface area contributed by atoms with Crippen molar-refractivity contribution in [2.75, 3.05) is 32.8 Å². The molecular formula is C80H117F3N20O23. The van der Waals surface area contributed by atoms with E-state index in [9.17, 15) is 115 Å². The van der Waals surface area contributed by atoms with Crippen LogP contribution in [0.5, 0.6) is 5.75 Å². The summed E-state index contributed by atoms with van der Waals surface area (Å²) in [5.41, 5.74) is 13.1. The molecule has 25 N–H and O–H groups in total. The average Bonchev–Trinajstić information content (AvgIpc) is 1.65. The number of carbonyl (C=O) groups excluding carboxylic acids is 16. The van der Waals surface area contributed by atoms with E-state index >= 15 is 0 Å². The highest BCUT2D eigenvalue weighted by Crippen LogP contribution is 2.23. The second-order valence-corrected chi connectivity index (χ2v) is 31.6. The lowest BCUT2D eigenvalue weighted by Gasteiger charge is -2.28. The molecule has 46 heteroatoms. The number of carbonyl (C=O) groups is 18. The fraction of sp³-hybridized carbons (Fsp3) is 0.562. The fourth-order valence-corrected chi connectivity index (χ4v) is 12.9. The van der Waals surface area contributed by atoms with Crippen molar-refractivity contribution in [2.45, 2.75) is 231 Å². The lowest BCUT2D eigenvalue weighted by Crippen LogP contribution is -2.62. The van der Waals surface area contributed by atoms with Gasteiger partial charge in [0.25, 0.3) is 0 Å². The van der Waals surface area contributed by atoms with E-state index in [4.69, 9.17) is 21.4 Å². The molecule has 3 heterocycles. The molecular weight excluding hydrogens is 1670 g/mol. The van der Waals surface area contributed by atoms with Gasteiger partial charge in [0.2, 0.25) is 94.5 Å². The van der Waals surface area contributed by atoms with E-state index < -0.39 is 236 Å². The average molecular weight is 1780 g/mol. The Morgan fingerprint density at radius 3 is 1.54 bits per heavy atom. The van der Waals surface area contributed by atoms with Gasteiger partial charge in [-0.25, -0.2) is 14.6 Å². The molecule has 1 aliphatic heterocycles. The first-order valence-corrected chi connectivity index (χ1v) is 40.7. The number of phenols is 1. The Morgan fingerprint density at radius 1 is 0.540 bits per heavy atom. The van der Waals surface area contributed by atoms with Crippen LogP contribution in [-0.4, -0.2) is 275 Å². The third-order valence-electron chi connectivity index (χ3n) is 19.7. The van der Waals surface area contributed by atoms with Crippen molar-refractivity contribution in [3.8, 4) is 5.75 Å². The van der Waals surface area contributed by atoms with E-state index in [-0.39, 0.29) is 75.0 Å². The molecule has 2 aromatic carbocycles. The summed E-state index contributed by atoms with van der Waals surface area (Å²) in [5.74, 6) is -20.4. The van der Waals surface area contributed by atoms with Crippen molar-refractivity contribution in [1.29, 1.82) is 0 Å². The van der Waals surface area contributed by atoms with E-state index in [0.717, 1.165) is 10.9 Å². The third-order valence-corrected chi connectivity index (χ3v) is 19.7. The van der Waals surface area contributed by atoms with Crippen molar-refractivity contribution in [3.05, 3.63) is 84.1 Å². The van der Waals surface area contributed by atoms with Crippen molar-refractivity contribution in [1.82, 2.24) is 94.3 Å². The van der Waals surface area contributed by atoms with Gasteiger partial charge in [-0.2, -0.15) is 13.2 Å². The van der Waals surface area contributed by atoms with Gasteiger partial charge in [0.1, 0.15) is 84.3 Å². The standard InChI is InChI=1S/C78H116N20O21.C2HF3O2/c1-12-41(8)64(78(118)119)96-67(107)43(10)87-69(109)56(29-47-33-81-37-85-47)93-76(116)59-18-15-23-98(59)63(105)35-84-68(108)51(24-38(2)3)90-70(110)52(25-39(4)5)91-72(112)54(27-45-19-21-48(101)22-20-45)89-62(104)34-83-66(106)42(9)86-75(115)58(36-99)95-73(113)57(30-60(80)102)92-71(111)53(26-40(6)7)94-77(117)65(44(11)100)97-74(114)55(88-61(103)31-79)28-46-32-82-50-17-14-13-16-49(46)50;3-2(4,5)1(6)7/h13-14,16-17,19-22,32-33,37-44,51-59,64-65,82,99-101H,12,15,18,23-31,34-36,79H2,1-11H3,(H2,80,102)(H,81,85)(H,83,106)(H,84,108)(H,86,115)(H,87,109)(H,88,103)(H,89,104)(H,90,110)(H,91,112)(H,92,111)(H,93,116)(H,94,117)(H,95,113)(H,96,107)(H,97,114)(H,118,119);(H,6,7)/t41-,42-,43-,44+,51-,52-,53-,54-,55-,56-,57-,58-,59-,64-,65-;/m0./s1. The number of imidazole rings is 1. The molecule has 0 bridgehead atoms. The Hall–Kier alpha value is -12.9. The first-order chi connectivity index (χ1) is 59.1. The highest BCUT2D eigenvalue weighted by atomic mass is 19.4. The lowest BCUT2D eigenvalue weighted by molar-refractivity contribution is -0.192. The number of para-hydroxylation sites is 1. The molecule has 1 fully saturated rings. The molecule has 5 rings (SSSR count). The number of halogens is 3. The summed E-state index contributed by atoms with van der Waals surface area (Å²) in [7, 11) is 0. The van der Waals surface area contributed by atoms with Crippen LogP contribution in [0.3, 0.4) is 0 Å². The first kappa shape index (κ1) is 105. The molecule has 16 amide bonds. The number of nitrogens with zero attached hydrogens (tertiary/aromatic N) is 2. The monoisotopic (exact) mass is 1780 g/mol. The molecule has 4 aromatic rings. The number of aliphatic carboxylic acids is 2. The van der Waals surface area contributed by atoms with Gasteiger partial charge in [-0.1, -0.05) is 92.1 Å². The molecule has 0 unspecified atom stereocenters. The summed E-state index contributed by atoms with van der Waals surface area (Å²) < 4.78 is 31.7. The number of aliphatic hydroxyl groups is 2. The number of carboxylic acids is 2. The Kier molecular flexibility index (Phi) is 42.5. The predicted molar refractivity (Wildman–Crippen MR) is 442 cm³/mol. The molecule has 0 radical (unpaired) electrons. The summed E-state index contributed by atoms with van der Waals surface area (Å²) in [6.07, 6.45) is -2.79. The van der Waals surface area contributed by atoms with E-state index in [1.165, 1.54) is 62.5 Å². The topological polar surface area (TPSA) is 677 Å². The molecule has 2 aromatic heterocycles. The molecule has 15 atom stereocenters. The zero-order valence-electron chi connectivity index (χ0n) is 71.6. The van der Waals surface area contributed by atoms with Gasteiger partial charge in [-0.3, -0.25) is 76.7 Å². The Morgan fingerprint density at radius 2 is 1.02 bits per heavy atom. The molecule has 696 valence electrons. The van der Waals surface area contributed by atoms with E-state index in [2.05, 4.69) is 89.4 Å². The first-order valence-electron chi connectivity index (χ1n) is 40.7. The van der Waals surface area contributed by atoms with Gasteiger partial charge in [0.15, 0.2) is 0 Å². The van der Waals surface area contributed by atoms with Gasteiger partial charge in [0, 0.05) is 49.1 Å². The van der Waals surface area contributed by atoms with Gasteiger partial charge >= 0.3 is 18.1 Å². The number of hydrogen-bond donors (Lipinski definition) is 23. The number of benzene rings is 2. The van der Waals surface area contributed by atoms with E-state index in [1.54, 1.807) is 85.9 Å². The molecule has 0 aliphatic carbocycles. The molecule has 126 heavy (non-hydrogen) atoms. The van der Waals surface area contributed by atoms with Crippen LogP contribution in [0, 0.1) is 23.7 Å². The van der Waals surface area contributed by atoms with Crippen molar-refractivity contribution in [3.63, 3.8) is 0 Å². The second-order valence-electron chi connectivity index (χ2n) is 31.6. The van der Waals surface area contributed by atoms with Crippen LogP contribution >= 0.6 is 0 Å². The largest absolute Gasteiger partial charge is 0.508 e. The normalized spacial score (nSPS) is 15.8. The van der Waals surface area contributed by atoms with Crippen LogP contribution in [0.1, 0.15) is 138 Å². The van der Waals surface area contributed by atoms with Gasteiger partial charge in [0.05, 0.1) is 50.8 Å². The molecule has 43 nitrogen and oxygen atoms in total. The number of aromatic amines is 2. The van der Waals surface area contributed by atoms with Crippen molar-refractivity contribution < 1.29 is 125 Å². The number of likely N-dealkylation sites (tertiary alicyclic amines) is 1. The van der Waals surface area contributed by atoms with Gasteiger partial charge in [-0.15, -0.1) is 0 Å². The van der Waals surface area contributed by atoms with Crippen LogP contribution in [0.2, 0.25) is 0 Å². The Labute approximate surface area is 722 Å². The molecule has 0 saturated carbocycles. The maximum absolute atomic E-state index is 14.5. The summed E-state index contributed by atoms with van der Waals surface area (Å²) in [5, 5.41) is 83.4. The number of hydrogen-bond acceptors (Lipinski definition) is 23. The van der Waals surface area contributed by atoms with Gasteiger partial charge in [-0.05, 0) is 106 Å². The second kappa shape index (κ2) is 50.8. The minimum absolute atomic E-state index is 0.0194. The highest BCUT2D eigenvalue weighted by Gasteiger charge is 2.42. The third kappa shape index (κ3) is 35.0. The molecule has 0 spiro atoms. The number of nitrogens with two attached hydrogens (primary N) is 2. The predicted octanol–water partition coefficient (Wildman–Crippen LogP) is -4.19. The van der Waals surface area contributed by atoms with Crippen LogP contribution in [0.4, 0.5) is 13.2 Å². The van der Waals surface area contributed by atoms with Crippen LogP contribution in [-0.2, 0) is 106 Å². The fourth-order valence-electron chi connectivity index (χ4n) is 12.9. The number of fused-ring (bicyclic) bond motifs is 1. The minimum atomic E-state index is -5.08. The molecule has 1 saturated heterocycles. The number of rotatable bonds is 48. The van der Waals surface area contributed by atoms with Crippen LogP contribution in [0.15, 0.2) is 67.3 Å². The van der Waals surface area contributed by atoms with E-state index in [0.29, 0.717) is 29.7 Å². The number of H-pyrrole nitrogens is 2. The molecule has 1 aliphatic rings. The summed E-state index contributed by atoms with van der Waals surface area (Å²) in [6.45, 7) is 14.4. The zero-order chi connectivity index (χ0) is 94.7. The number of aromatic nitrogens is 3. The van der Waals surface area contributed by atoms with E-state index in [1.807, 2.05) is 0 Å². The maximum atomic E-state index is 14.5. The lowest BCUT2D eigenvalue weighted by atomic mass is 9.99. The number of nitrogens with one attached hydrogen (secondary N) is 16. The quantitative estimate of drug-likeness (QED) is 0.0199. The Balaban J connectivity index is 0.00000455. The SMILES string of the molecule is CC[C@H](C)[C@H](NC(=O)[C@H](C)NC(=O)[C@H](Cc1c[nH]cn1)NC(=O)[C@@H]1CCCN1C(=O)CNC(=O)[C@H](CC(C)C)NC(=O)[C@H](CC(C)C)NC(=O)[C@H](Cc1ccc(O)cc1)NC(=O)CNC(=O)[C@H](C)NC(=O)[C@H](CO)NC(=O)[C@H](CC(N)=O)NC(=O)[C@H](CC(C)C)NC(=O)[C@@H](NC(=O)[C@H](Cc1c[nH]c2ccccc12)NC(=O)CN)[C@@H](C)O)C(=O)O.O=C(O)C(F)(F)F. The number of phenolic OH excluding ortho intramolecular Hbond substituents is 1. The maximum Gasteiger partial charge on any atom is 0.490 e. The van der Waals surface area contributed by atoms with Gasteiger partial charge < -0.3 is 126 Å². The number of aromatic hydroxyl groups is 1. The van der Waals surface area contributed by atoms with Crippen molar-refractivity contribution >= 4 is 117 Å². The smallest absolute Gasteiger partial charge is 0.490 e. The number of carboxylic acid groups (broad SMARTS) is 2.